The molecule has 0 spiro atoms. The standard InChI is InChI=1S/C10H14N2O2S2/c13-16(14,10-2-1-7-15-10)12-8-9-3-5-11-6-4-9/h1-3,7,11-12H,4-6,8H2. The van der Waals surface area contributed by atoms with Crippen LogP contribution in [0.2, 0.25) is 0 Å². The molecule has 0 bridgehead atoms. The highest BCUT2D eigenvalue weighted by atomic mass is 32.2. The molecule has 88 valence electrons. The Morgan fingerprint density at radius 3 is 3.00 bits per heavy atom. The molecule has 0 amide bonds. The zero-order valence-corrected chi connectivity index (χ0v) is 10.4. The summed E-state index contributed by atoms with van der Waals surface area (Å²) in [4.78, 5) is 0. The molecule has 4 nitrogen and oxygen atoms in total. The maximum atomic E-state index is 11.8. The van der Waals surface area contributed by atoms with Gasteiger partial charge in [-0.1, -0.05) is 17.7 Å². The van der Waals surface area contributed by atoms with Crippen LogP contribution in [0.15, 0.2) is 33.4 Å². The van der Waals surface area contributed by atoms with Crippen LogP contribution in [0.4, 0.5) is 0 Å². The number of hydrogen-bond donors (Lipinski definition) is 2. The molecule has 0 saturated heterocycles. The highest BCUT2D eigenvalue weighted by Gasteiger charge is 2.15. The Balaban J connectivity index is 1.97. The number of sulfonamides is 1. The van der Waals surface area contributed by atoms with E-state index in [0.29, 0.717) is 10.8 Å². The van der Waals surface area contributed by atoms with Crippen LogP contribution in [0.5, 0.6) is 0 Å². The third-order valence-electron chi connectivity index (χ3n) is 2.41. The summed E-state index contributed by atoms with van der Waals surface area (Å²) in [5.74, 6) is 0. The summed E-state index contributed by atoms with van der Waals surface area (Å²) in [6.07, 6.45) is 2.95. The average molecular weight is 258 g/mol. The van der Waals surface area contributed by atoms with Crippen molar-refractivity contribution in [2.45, 2.75) is 10.6 Å². The first-order valence-electron chi connectivity index (χ1n) is 5.10. The topological polar surface area (TPSA) is 58.2 Å². The van der Waals surface area contributed by atoms with E-state index in [1.807, 2.05) is 6.08 Å². The van der Waals surface area contributed by atoms with E-state index >= 15 is 0 Å². The highest BCUT2D eigenvalue weighted by Crippen LogP contribution is 2.15. The fourth-order valence-electron chi connectivity index (χ4n) is 1.51. The van der Waals surface area contributed by atoms with Crippen LogP contribution < -0.4 is 10.0 Å². The molecular formula is C10H14N2O2S2. The molecular weight excluding hydrogens is 244 g/mol. The van der Waals surface area contributed by atoms with Gasteiger partial charge >= 0.3 is 0 Å². The summed E-state index contributed by atoms with van der Waals surface area (Å²) >= 11 is 1.23. The maximum absolute atomic E-state index is 11.8. The molecule has 0 saturated carbocycles. The first-order chi connectivity index (χ1) is 7.68. The zero-order chi connectivity index (χ0) is 11.4. The average Bonchev–Trinajstić information content (AvgIpc) is 2.82. The SMILES string of the molecule is O=S(=O)(NCC1=CCNCC1)c1cccs1. The summed E-state index contributed by atoms with van der Waals surface area (Å²) in [7, 11) is -3.31. The Hall–Kier alpha value is -0.690. The second kappa shape index (κ2) is 5.09. The monoisotopic (exact) mass is 258 g/mol. The maximum Gasteiger partial charge on any atom is 0.250 e. The summed E-state index contributed by atoms with van der Waals surface area (Å²) < 4.78 is 26.6. The number of thiophene rings is 1. The Labute approximate surface area is 99.4 Å². The van der Waals surface area contributed by atoms with Crippen molar-refractivity contribution in [2.75, 3.05) is 19.6 Å². The van der Waals surface area contributed by atoms with Gasteiger partial charge in [-0.3, -0.25) is 0 Å². The van der Waals surface area contributed by atoms with E-state index in [9.17, 15) is 8.42 Å². The van der Waals surface area contributed by atoms with Crippen molar-refractivity contribution in [1.29, 1.82) is 0 Å². The minimum atomic E-state index is -3.31. The van der Waals surface area contributed by atoms with Crippen molar-refractivity contribution in [1.82, 2.24) is 10.0 Å². The van der Waals surface area contributed by atoms with Crippen molar-refractivity contribution >= 4 is 21.4 Å². The van der Waals surface area contributed by atoms with Gasteiger partial charge in [-0.25, -0.2) is 13.1 Å². The van der Waals surface area contributed by atoms with Gasteiger partial charge in [0.25, 0.3) is 0 Å². The quantitative estimate of drug-likeness (QED) is 0.790. The molecule has 1 aromatic rings. The van der Waals surface area contributed by atoms with Gasteiger partial charge in [-0.2, -0.15) is 0 Å². The Bertz CT molecular complexity index is 463. The molecule has 1 aliphatic rings. The van der Waals surface area contributed by atoms with Crippen LogP contribution in [0.3, 0.4) is 0 Å². The fourth-order valence-corrected chi connectivity index (χ4v) is 3.58. The van der Waals surface area contributed by atoms with Crippen molar-refractivity contribution in [2.24, 2.45) is 0 Å². The summed E-state index contributed by atoms with van der Waals surface area (Å²) in [6.45, 7) is 2.17. The van der Waals surface area contributed by atoms with Gasteiger partial charge in [0.1, 0.15) is 4.21 Å². The first kappa shape index (κ1) is 11.8. The lowest BCUT2D eigenvalue weighted by Gasteiger charge is -2.14. The number of nitrogens with one attached hydrogen (secondary N) is 2. The predicted molar refractivity (Wildman–Crippen MR) is 65.1 cm³/mol. The number of rotatable bonds is 4. The molecule has 0 atom stereocenters. The van der Waals surface area contributed by atoms with E-state index in [4.69, 9.17) is 0 Å². The van der Waals surface area contributed by atoms with Gasteiger partial charge in [-0.05, 0) is 24.4 Å². The lowest BCUT2D eigenvalue weighted by Crippen LogP contribution is -2.29. The van der Waals surface area contributed by atoms with Crippen molar-refractivity contribution < 1.29 is 8.42 Å². The molecule has 1 aliphatic heterocycles. The molecule has 2 N–H and O–H groups in total. The fraction of sp³-hybridized carbons (Fsp3) is 0.400. The molecule has 6 heteroatoms. The summed E-state index contributed by atoms with van der Waals surface area (Å²) in [6, 6.07) is 3.35. The Morgan fingerprint density at radius 1 is 1.50 bits per heavy atom. The summed E-state index contributed by atoms with van der Waals surface area (Å²) in [5, 5.41) is 4.95. The van der Waals surface area contributed by atoms with Crippen LogP contribution in [0.1, 0.15) is 6.42 Å². The van der Waals surface area contributed by atoms with Crippen LogP contribution in [-0.4, -0.2) is 28.1 Å². The molecule has 1 aromatic heterocycles. The van der Waals surface area contributed by atoms with E-state index in [1.54, 1.807) is 17.5 Å². The van der Waals surface area contributed by atoms with E-state index < -0.39 is 10.0 Å². The smallest absolute Gasteiger partial charge is 0.250 e. The van der Waals surface area contributed by atoms with Crippen molar-refractivity contribution in [3.63, 3.8) is 0 Å². The number of hydrogen-bond acceptors (Lipinski definition) is 4. The van der Waals surface area contributed by atoms with Gasteiger partial charge in [0.05, 0.1) is 0 Å². The normalized spacial score (nSPS) is 17.1. The lowest BCUT2D eigenvalue weighted by molar-refractivity contribution is 0.584. The van der Waals surface area contributed by atoms with Gasteiger partial charge in [0, 0.05) is 13.1 Å². The zero-order valence-electron chi connectivity index (χ0n) is 8.77. The van der Waals surface area contributed by atoms with Crippen molar-refractivity contribution in [3.05, 3.63) is 29.2 Å². The molecule has 16 heavy (non-hydrogen) atoms. The molecule has 0 fully saturated rings. The molecule has 0 radical (unpaired) electrons. The minimum Gasteiger partial charge on any atom is -0.313 e. The van der Waals surface area contributed by atoms with Gasteiger partial charge in [0.15, 0.2) is 0 Å². The van der Waals surface area contributed by atoms with Gasteiger partial charge in [0.2, 0.25) is 10.0 Å². The second-order valence-electron chi connectivity index (χ2n) is 3.57. The van der Waals surface area contributed by atoms with Gasteiger partial charge in [-0.15, -0.1) is 11.3 Å². The van der Waals surface area contributed by atoms with E-state index in [-0.39, 0.29) is 0 Å². The third kappa shape index (κ3) is 2.91. The molecule has 0 unspecified atom stereocenters. The second-order valence-corrected chi connectivity index (χ2v) is 6.51. The first-order valence-corrected chi connectivity index (χ1v) is 7.46. The molecule has 2 heterocycles. The molecule has 0 aromatic carbocycles. The van der Waals surface area contributed by atoms with Crippen molar-refractivity contribution in [3.8, 4) is 0 Å². The lowest BCUT2D eigenvalue weighted by atomic mass is 10.1. The largest absolute Gasteiger partial charge is 0.313 e. The Kier molecular flexibility index (Phi) is 3.75. The molecule has 2 rings (SSSR count). The molecule has 0 aliphatic carbocycles. The van der Waals surface area contributed by atoms with Crippen LogP contribution in [0.25, 0.3) is 0 Å². The van der Waals surface area contributed by atoms with Crippen LogP contribution in [-0.2, 0) is 10.0 Å². The Morgan fingerprint density at radius 2 is 2.38 bits per heavy atom. The third-order valence-corrected chi connectivity index (χ3v) is 5.21. The minimum absolute atomic E-state index is 0.377. The predicted octanol–water partition coefficient (Wildman–Crippen LogP) is 0.946. The highest BCUT2D eigenvalue weighted by molar-refractivity contribution is 7.91. The van der Waals surface area contributed by atoms with E-state index in [1.165, 1.54) is 11.3 Å². The van der Waals surface area contributed by atoms with Crippen LogP contribution in [0, 0.1) is 0 Å². The van der Waals surface area contributed by atoms with E-state index in [0.717, 1.165) is 25.1 Å². The van der Waals surface area contributed by atoms with Crippen LogP contribution >= 0.6 is 11.3 Å². The van der Waals surface area contributed by atoms with Gasteiger partial charge < -0.3 is 5.32 Å². The summed E-state index contributed by atoms with van der Waals surface area (Å²) in [5.41, 5.74) is 1.15. The van der Waals surface area contributed by atoms with E-state index in [2.05, 4.69) is 10.0 Å².